The SMILES string of the molecule is C=CCN1C(=O)[C@]2(O[C@H](CC(=O)N3Cc4ccccc4C[C@H]3CO)[C@@H]([Si](C)(C)c3ccc(OC)cc3)[C@@H]2C)c2cc(NC(=O)c3ccc(N)cc3)ccc21. The van der Waals surface area contributed by atoms with Crippen molar-refractivity contribution in [3.05, 3.63) is 126 Å². The van der Waals surface area contributed by atoms with E-state index >= 15 is 0 Å². The summed E-state index contributed by atoms with van der Waals surface area (Å²) in [7, 11) is -0.915. The van der Waals surface area contributed by atoms with Gasteiger partial charge in [-0.2, -0.15) is 0 Å². The molecule has 4 aromatic rings. The van der Waals surface area contributed by atoms with Gasteiger partial charge < -0.3 is 35.4 Å². The van der Waals surface area contributed by atoms with Crippen LogP contribution in [-0.2, 0) is 32.9 Å². The summed E-state index contributed by atoms with van der Waals surface area (Å²) in [4.78, 5) is 46.3. The number of methoxy groups -OCH3 is 1. The minimum absolute atomic E-state index is 0.0413. The molecule has 1 saturated heterocycles. The molecule has 11 heteroatoms. The van der Waals surface area contributed by atoms with Crippen LogP contribution in [0, 0.1) is 5.92 Å². The van der Waals surface area contributed by atoms with Crippen molar-refractivity contribution in [2.24, 2.45) is 5.92 Å². The fourth-order valence-corrected chi connectivity index (χ4v) is 13.1. The van der Waals surface area contributed by atoms with Gasteiger partial charge in [0, 0.05) is 41.5 Å². The quantitative estimate of drug-likeness (QED) is 0.109. The molecular weight excluding hydrogens is 697 g/mol. The highest BCUT2D eigenvalue weighted by Crippen LogP contribution is 2.60. The van der Waals surface area contributed by atoms with Crippen LogP contribution in [0.3, 0.4) is 0 Å². The zero-order valence-electron chi connectivity index (χ0n) is 31.2. The van der Waals surface area contributed by atoms with Gasteiger partial charge in [0.1, 0.15) is 5.75 Å². The lowest BCUT2D eigenvalue weighted by Gasteiger charge is -2.39. The number of hydrogen-bond donors (Lipinski definition) is 3. The highest BCUT2D eigenvalue weighted by Gasteiger charge is 2.66. The van der Waals surface area contributed by atoms with Crippen LogP contribution in [0.5, 0.6) is 5.75 Å². The maximum atomic E-state index is 15.0. The zero-order chi connectivity index (χ0) is 38.4. The second-order valence-electron chi connectivity index (χ2n) is 15.2. The summed E-state index contributed by atoms with van der Waals surface area (Å²) >= 11 is 0. The minimum atomic E-state index is -2.55. The molecule has 0 radical (unpaired) electrons. The zero-order valence-corrected chi connectivity index (χ0v) is 32.2. The van der Waals surface area contributed by atoms with E-state index in [0.717, 1.165) is 22.1 Å². The number of nitrogens with one attached hydrogen (secondary N) is 1. The van der Waals surface area contributed by atoms with E-state index in [1.807, 2.05) is 42.5 Å². The van der Waals surface area contributed by atoms with Crippen LogP contribution >= 0.6 is 0 Å². The second kappa shape index (κ2) is 14.5. The Morgan fingerprint density at radius 3 is 2.43 bits per heavy atom. The smallest absolute Gasteiger partial charge is 0.264 e. The van der Waals surface area contributed by atoms with Gasteiger partial charge in [0.25, 0.3) is 11.8 Å². The van der Waals surface area contributed by atoms with Gasteiger partial charge in [-0.3, -0.25) is 14.4 Å². The van der Waals surface area contributed by atoms with Gasteiger partial charge >= 0.3 is 0 Å². The van der Waals surface area contributed by atoms with Crippen LogP contribution in [-0.4, -0.2) is 68.2 Å². The maximum absolute atomic E-state index is 15.0. The van der Waals surface area contributed by atoms with E-state index in [1.165, 1.54) is 0 Å². The fourth-order valence-electron chi connectivity index (χ4n) is 9.07. The van der Waals surface area contributed by atoms with Crippen molar-refractivity contribution in [2.75, 3.05) is 36.2 Å². The third kappa shape index (κ3) is 6.29. The van der Waals surface area contributed by atoms with Gasteiger partial charge in [0.15, 0.2) is 5.60 Å². The molecule has 54 heavy (non-hydrogen) atoms. The molecule has 4 N–H and O–H groups in total. The first-order valence-electron chi connectivity index (χ1n) is 18.5. The van der Waals surface area contributed by atoms with Crippen molar-refractivity contribution in [2.45, 2.75) is 62.7 Å². The second-order valence-corrected chi connectivity index (χ2v) is 19.9. The number of aliphatic hydroxyl groups is 1. The minimum Gasteiger partial charge on any atom is -0.497 e. The topological polar surface area (TPSA) is 134 Å². The lowest BCUT2D eigenvalue weighted by Crippen LogP contribution is -2.52. The molecule has 3 amide bonds. The molecule has 0 aliphatic carbocycles. The number of fused-ring (bicyclic) bond motifs is 3. The Hall–Kier alpha value is -5.23. The van der Waals surface area contributed by atoms with Crippen LogP contribution in [0.4, 0.5) is 17.1 Å². The fraction of sp³-hybridized carbons (Fsp3) is 0.326. The van der Waals surface area contributed by atoms with Gasteiger partial charge in [-0.25, -0.2) is 0 Å². The third-order valence-corrected chi connectivity index (χ3v) is 16.2. The molecule has 10 nitrogen and oxygen atoms in total. The lowest BCUT2D eigenvalue weighted by molar-refractivity contribution is -0.150. The molecule has 0 unspecified atom stereocenters. The Morgan fingerprint density at radius 2 is 1.76 bits per heavy atom. The highest BCUT2D eigenvalue weighted by molar-refractivity contribution is 6.91. The highest BCUT2D eigenvalue weighted by atomic mass is 28.3. The molecule has 3 aliphatic heterocycles. The Labute approximate surface area is 317 Å². The predicted molar refractivity (Wildman–Crippen MR) is 214 cm³/mol. The van der Waals surface area contributed by atoms with E-state index < -0.39 is 19.8 Å². The van der Waals surface area contributed by atoms with Crippen LogP contribution in [0.15, 0.2) is 104 Å². The molecule has 3 aliphatic rings. The van der Waals surface area contributed by atoms with E-state index in [2.05, 4.69) is 50.1 Å². The lowest BCUT2D eigenvalue weighted by atomic mass is 9.82. The Bertz CT molecular complexity index is 2090. The molecule has 3 heterocycles. The summed E-state index contributed by atoms with van der Waals surface area (Å²) in [6.45, 7) is 11.0. The molecule has 1 spiro atoms. The number of rotatable bonds is 10. The van der Waals surface area contributed by atoms with Crippen molar-refractivity contribution in [3.8, 4) is 5.75 Å². The Balaban J connectivity index is 1.30. The summed E-state index contributed by atoms with van der Waals surface area (Å²) in [6, 6.07) is 27.9. The molecule has 0 saturated carbocycles. The standard InChI is InChI=1S/C43H48N4O6Si/c1-6-21-46-37-20-15-32(45-41(50)28-11-13-31(44)14-12-28)23-36(37)43(42(46)51)27(2)40(54(4,5)35-18-16-34(52-3)17-19-35)38(53-43)24-39(49)47-25-30-10-8-7-9-29(30)22-33(47)26-48/h6-20,23,27,33,38,40,48H,1,21-22,24-26,44H2,2-5H3,(H,45,50)/t27-,33-,38+,40-,43+/m0/s1. The summed E-state index contributed by atoms with van der Waals surface area (Å²) in [5.74, 6) is -0.269. The van der Waals surface area contributed by atoms with E-state index in [0.29, 0.717) is 41.2 Å². The van der Waals surface area contributed by atoms with Crippen molar-refractivity contribution in [1.29, 1.82) is 0 Å². The Morgan fingerprint density at radius 1 is 1.06 bits per heavy atom. The number of nitrogen functional groups attached to an aromatic ring is 1. The van der Waals surface area contributed by atoms with Gasteiger partial charge in [0.05, 0.1) is 46.0 Å². The number of hydrogen-bond acceptors (Lipinski definition) is 7. The van der Waals surface area contributed by atoms with E-state index in [4.69, 9.17) is 15.2 Å². The summed E-state index contributed by atoms with van der Waals surface area (Å²) < 4.78 is 12.7. The molecule has 4 aromatic carbocycles. The van der Waals surface area contributed by atoms with Crippen LogP contribution < -0.4 is 25.9 Å². The maximum Gasteiger partial charge on any atom is 0.264 e. The van der Waals surface area contributed by atoms with Gasteiger partial charge in [-0.1, -0.05) is 67.7 Å². The van der Waals surface area contributed by atoms with Crippen LogP contribution in [0.25, 0.3) is 0 Å². The molecule has 0 aromatic heterocycles. The number of nitrogens with zero attached hydrogens (tertiary/aromatic N) is 2. The number of amides is 3. The molecule has 0 bridgehead atoms. The summed E-state index contributed by atoms with van der Waals surface area (Å²) in [5.41, 5.74) is 9.27. The van der Waals surface area contributed by atoms with Gasteiger partial charge in [0.2, 0.25) is 5.91 Å². The van der Waals surface area contributed by atoms with Crippen LogP contribution in [0.1, 0.15) is 40.4 Å². The number of carbonyl (C=O) groups is 3. The van der Waals surface area contributed by atoms with Crippen molar-refractivity contribution >= 4 is 48.0 Å². The number of ether oxygens (including phenoxy) is 2. The van der Waals surface area contributed by atoms with Gasteiger partial charge in [-0.15, -0.1) is 6.58 Å². The number of anilines is 3. The molecule has 280 valence electrons. The van der Waals surface area contributed by atoms with Crippen molar-refractivity contribution in [3.63, 3.8) is 0 Å². The molecule has 1 fully saturated rings. The van der Waals surface area contributed by atoms with Gasteiger partial charge in [-0.05, 0) is 77.7 Å². The van der Waals surface area contributed by atoms with E-state index in [9.17, 15) is 19.5 Å². The summed E-state index contributed by atoms with van der Waals surface area (Å²) in [5, 5.41) is 14.6. The third-order valence-electron chi connectivity index (χ3n) is 11.8. The average Bonchev–Trinajstić information content (AvgIpc) is 3.60. The largest absolute Gasteiger partial charge is 0.497 e. The number of carbonyl (C=O) groups excluding carboxylic acids is 3. The number of benzene rings is 4. The van der Waals surface area contributed by atoms with E-state index in [1.54, 1.807) is 53.3 Å². The molecule has 5 atom stereocenters. The first-order chi connectivity index (χ1) is 25.9. The predicted octanol–water partition coefficient (Wildman–Crippen LogP) is 5.61. The molecular formula is C43H48N4O6Si. The first-order valence-corrected chi connectivity index (χ1v) is 21.5. The molecule has 7 rings (SSSR count). The van der Waals surface area contributed by atoms with Crippen molar-refractivity contribution in [1.82, 2.24) is 4.90 Å². The first kappa shape index (κ1) is 37.1. The monoisotopic (exact) mass is 744 g/mol. The number of nitrogens with two attached hydrogens (primary N) is 1. The van der Waals surface area contributed by atoms with Crippen LogP contribution in [0.2, 0.25) is 18.6 Å². The van der Waals surface area contributed by atoms with Crippen molar-refractivity contribution < 1.29 is 29.0 Å². The Kier molecular flexibility index (Phi) is 9.99. The summed E-state index contributed by atoms with van der Waals surface area (Å²) in [6.07, 6.45) is 1.67. The number of aliphatic hydroxyl groups excluding tert-OH is 1. The van der Waals surface area contributed by atoms with E-state index in [-0.39, 0.29) is 54.8 Å². The normalized spacial score (nSPS) is 23.2. The average molecular weight is 745 g/mol.